The fraction of sp³-hybridized carbons (Fsp3) is 0.0500. The molecule has 0 unspecified atom stereocenters. The number of amides is 1. The molecule has 0 saturated carbocycles. The molecule has 2 N–H and O–H groups in total. The molecule has 2 rings (SSSR count). The Hall–Kier alpha value is -3.45. The number of carbonyl (C=O) groups excluding carboxylic acids is 1. The molecule has 0 heterocycles. The summed E-state index contributed by atoms with van der Waals surface area (Å²) in [6.07, 6.45) is 6.42. The van der Waals surface area contributed by atoms with E-state index in [4.69, 9.17) is 39.5 Å². The Balaban J connectivity index is 2.27. The van der Waals surface area contributed by atoms with Gasteiger partial charge in [0.2, 0.25) is 0 Å². The van der Waals surface area contributed by atoms with Crippen LogP contribution in [0.3, 0.4) is 0 Å². The van der Waals surface area contributed by atoms with Crippen LogP contribution < -0.4 is 10.1 Å². The number of anilines is 1. The Morgan fingerprint density at radius 1 is 1.25 bits per heavy atom. The van der Waals surface area contributed by atoms with Crippen molar-refractivity contribution in [1.29, 1.82) is 5.26 Å². The highest BCUT2D eigenvalue weighted by Gasteiger charge is 2.13. The van der Waals surface area contributed by atoms with Gasteiger partial charge in [-0.2, -0.15) is 5.26 Å². The summed E-state index contributed by atoms with van der Waals surface area (Å²) in [7, 11) is 0. The second kappa shape index (κ2) is 9.48. The normalized spacial score (nSPS) is 10.5. The first-order chi connectivity index (χ1) is 13.3. The van der Waals surface area contributed by atoms with Gasteiger partial charge in [0, 0.05) is 5.69 Å². The average molecular weight is 415 g/mol. The zero-order valence-electron chi connectivity index (χ0n) is 14.2. The van der Waals surface area contributed by atoms with Crippen molar-refractivity contribution < 1.29 is 19.4 Å². The molecule has 140 valence electrons. The number of hydrogen-bond donors (Lipinski definition) is 2. The van der Waals surface area contributed by atoms with Gasteiger partial charge in [0.05, 0.1) is 15.6 Å². The van der Waals surface area contributed by atoms with Crippen LogP contribution in [0.5, 0.6) is 5.75 Å². The van der Waals surface area contributed by atoms with E-state index in [-0.39, 0.29) is 39.2 Å². The molecule has 28 heavy (non-hydrogen) atoms. The minimum Gasteiger partial charge on any atom is -0.478 e. The molecule has 2 aromatic carbocycles. The molecule has 0 spiro atoms. The van der Waals surface area contributed by atoms with E-state index in [1.54, 1.807) is 6.07 Å². The molecule has 2 aromatic rings. The molecule has 0 fully saturated rings. The van der Waals surface area contributed by atoms with E-state index in [1.165, 1.54) is 42.5 Å². The topological polar surface area (TPSA) is 99.4 Å². The summed E-state index contributed by atoms with van der Waals surface area (Å²) in [5, 5.41) is 21.1. The Kier molecular flexibility index (Phi) is 7.06. The van der Waals surface area contributed by atoms with Crippen LogP contribution in [0.1, 0.15) is 15.9 Å². The summed E-state index contributed by atoms with van der Waals surface area (Å²) in [5.74, 6) is 0.639. The second-order valence-corrected chi connectivity index (χ2v) is 6.13. The van der Waals surface area contributed by atoms with E-state index in [9.17, 15) is 14.9 Å². The number of hydrogen-bond acceptors (Lipinski definition) is 4. The van der Waals surface area contributed by atoms with Gasteiger partial charge in [-0.3, -0.25) is 4.79 Å². The third-order valence-corrected chi connectivity index (χ3v) is 3.93. The number of ether oxygens (including phenoxy) is 1. The van der Waals surface area contributed by atoms with E-state index in [0.717, 1.165) is 0 Å². The Bertz CT molecular complexity index is 1030. The monoisotopic (exact) mass is 414 g/mol. The van der Waals surface area contributed by atoms with Crippen molar-refractivity contribution in [3.63, 3.8) is 0 Å². The number of aromatic carboxylic acids is 1. The van der Waals surface area contributed by atoms with Gasteiger partial charge in [0.25, 0.3) is 5.91 Å². The molecule has 0 aliphatic rings. The van der Waals surface area contributed by atoms with E-state index < -0.39 is 11.9 Å². The van der Waals surface area contributed by atoms with Gasteiger partial charge in [-0.05, 0) is 42.0 Å². The average Bonchev–Trinajstić information content (AvgIpc) is 2.65. The second-order valence-electron chi connectivity index (χ2n) is 5.32. The molecule has 0 aliphatic carbocycles. The third-order valence-electron chi connectivity index (χ3n) is 3.36. The van der Waals surface area contributed by atoms with Crippen molar-refractivity contribution in [2.75, 3.05) is 11.9 Å². The summed E-state index contributed by atoms with van der Waals surface area (Å²) in [6, 6.07) is 10.4. The van der Waals surface area contributed by atoms with Crippen molar-refractivity contribution in [3.8, 4) is 24.2 Å². The van der Waals surface area contributed by atoms with Crippen LogP contribution in [0.2, 0.25) is 10.0 Å². The number of carboxylic acids is 1. The number of carboxylic acid groups (broad SMARTS) is 1. The van der Waals surface area contributed by atoms with Crippen LogP contribution in [0.4, 0.5) is 5.69 Å². The number of nitrogens with one attached hydrogen (secondary N) is 1. The van der Waals surface area contributed by atoms with Gasteiger partial charge < -0.3 is 15.2 Å². The quantitative estimate of drug-likeness (QED) is 0.418. The molecule has 0 radical (unpaired) electrons. The van der Waals surface area contributed by atoms with Crippen molar-refractivity contribution in [3.05, 3.63) is 63.1 Å². The standard InChI is InChI=1S/C20H12Cl2N2O4/c1-2-6-28-18-16(21)8-12(9-17(18)22)7-14(11-23)19(25)24-15-5-3-4-13(10-15)20(26)27/h1,3-5,7-10H,6H2,(H,24,25)(H,26,27). The highest BCUT2D eigenvalue weighted by molar-refractivity contribution is 6.37. The number of terminal acetylenes is 1. The molecule has 0 bridgehead atoms. The van der Waals surface area contributed by atoms with Crippen LogP contribution in [0.25, 0.3) is 6.08 Å². The third kappa shape index (κ3) is 5.28. The van der Waals surface area contributed by atoms with Gasteiger partial charge in [-0.25, -0.2) is 4.79 Å². The largest absolute Gasteiger partial charge is 0.478 e. The zero-order chi connectivity index (χ0) is 20.7. The fourth-order valence-corrected chi connectivity index (χ4v) is 2.77. The highest BCUT2D eigenvalue weighted by Crippen LogP contribution is 2.34. The maximum Gasteiger partial charge on any atom is 0.335 e. The summed E-state index contributed by atoms with van der Waals surface area (Å²) in [5.41, 5.74) is 0.403. The molecular formula is C20H12Cl2N2O4. The minimum atomic E-state index is -1.14. The minimum absolute atomic E-state index is 0.00130. The summed E-state index contributed by atoms with van der Waals surface area (Å²) in [4.78, 5) is 23.3. The summed E-state index contributed by atoms with van der Waals surface area (Å²) < 4.78 is 5.25. The first-order valence-corrected chi connectivity index (χ1v) is 8.43. The van der Waals surface area contributed by atoms with Crippen LogP contribution >= 0.6 is 23.2 Å². The number of rotatable bonds is 6. The summed E-state index contributed by atoms with van der Waals surface area (Å²) >= 11 is 12.2. The summed E-state index contributed by atoms with van der Waals surface area (Å²) in [6.45, 7) is -0.0180. The van der Waals surface area contributed by atoms with Gasteiger partial charge in [-0.1, -0.05) is 35.2 Å². The van der Waals surface area contributed by atoms with Gasteiger partial charge in [0.15, 0.2) is 5.75 Å². The molecule has 6 nitrogen and oxygen atoms in total. The molecule has 8 heteroatoms. The molecule has 0 aromatic heterocycles. The van der Waals surface area contributed by atoms with Crippen molar-refractivity contribution >= 4 is 46.8 Å². The SMILES string of the molecule is C#CCOc1c(Cl)cc(C=C(C#N)C(=O)Nc2cccc(C(=O)O)c2)cc1Cl. The van der Waals surface area contributed by atoms with Crippen molar-refractivity contribution in [1.82, 2.24) is 0 Å². The Morgan fingerprint density at radius 3 is 2.50 bits per heavy atom. The van der Waals surface area contributed by atoms with Crippen LogP contribution in [-0.2, 0) is 4.79 Å². The van der Waals surface area contributed by atoms with Gasteiger partial charge in [-0.15, -0.1) is 6.42 Å². The lowest BCUT2D eigenvalue weighted by Crippen LogP contribution is -2.14. The molecular weight excluding hydrogens is 403 g/mol. The molecule has 0 aliphatic heterocycles. The van der Waals surface area contributed by atoms with Crippen LogP contribution in [0, 0.1) is 23.7 Å². The van der Waals surface area contributed by atoms with E-state index in [2.05, 4.69) is 11.2 Å². The number of nitrogens with zero attached hydrogens (tertiary/aromatic N) is 1. The lowest BCUT2D eigenvalue weighted by molar-refractivity contribution is -0.112. The van der Waals surface area contributed by atoms with Gasteiger partial charge >= 0.3 is 5.97 Å². The van der Waals surface area contributed by atoms with Crippen molar-refractivity contribution in [2.45, 2.75) is 0 Å². The van der Waals surface area contributed by atoms with Gasteiger partial charge in [0.1, 0.15) is 18.2 Å². The molecule has 1 amide bonds. The van der Waals surface area contributed by atoms with E-state index >= 15 is 0 Å². The smallest absolute Gasteiger partial charge is 0.335 e. The predicted molar refractivity (Wildman–Crippen MR) is 106 cm³/mol. The first kappa shape index (κ1) is 20.9. The Labute approximate surface area is 170 Å². The lowest BCUT2D eigenvalue weighted by atomic mass is 10.1. The fourth-order valence-electron chi connectivity index (χ4n) is 2.16. The van der Waals surface area contributed by atoms with Crippen LogP contribution in [-0.4, -0.2) is 23.6 Å². The lowest BCUT2D eigenvalue weighted by Gasteiger charge is -2.09. The number of benzene rings is 2. The highest BCUT2D eigenvalue weighted by atomic mass is 35.5. The maximum atomic E-state index is 12.3. The van der Waals surface area contributed by atoms with Crippen LogP contribution in [0.15, 0.2) is 42.0 Å². The van der Waals surface area contributed by atoms with Crippen molar-refractivity contribution in [2.24, 2.45) is 0 Å². The maximum absolute atomic E-state index is 12.3. The molecule has 0 atom stereocenters. The van der Waals surface area contributed by atoms with E-state index in [1.807, 2.05) is 0 Å². The number of carbonyl (C=O) groups is 2. The zero-order valence-corrected chi connectivity index (χ0v) is 15.7. The number of nitriles is 1. The van der Waals surface area contributed by atoms with E-state index in [0.29, 0.717) is 5.56 Å². The molecule has 0 saturated heterocycles. The number of halogens is 2. The first-order valence-electron chi connectivity index (χ1n) is 7.67. The Morgan fingerprint density at radius 2 is 1.93 bits per heavy atom. The predicted octanol–water partition coefficient (Wildman–Crippen LogP) is 4.25.